The molecule has 0 fully saturated rings. The number of aromatic nitrogens is 3. The lowest BCUT2D eigenvalue weighted by Gasteiger charge is -2.31. The number of thiophene rings is 1. The lowest BCUT2D eigenvalue weighted by Crippen LogP contribution is -2.35. The standard InChI is InChI=1S/C15H22N4OS/c1-4-19-15-12(10-20-3)7-18(9-14(15)16-17-19)8-13-6-5-11(2)21-13/h5-6,12H,4,7-10H2,1-3H3/t12-/m1/s1. The minimum Gasteiger partial charge on any atom is -0.384 e. The molecule has 0 amide bonds. The maximum Gasteiger partial charge on any atom is 0.100 e. The summed E-state index contributed by atoms with van der Waals surface area (Å²) in [6.45, 7) is 8.73. The number of rotatable bonds is 5. The summed E-state index contributed by atoms with van der Waals surface area (Å²) in [5, 5.41) is 8.66. The minimum atomic E-state index is 0.356. The van der Waals surface area contributed by atoms with E-state index >= 15 is 0 Å². The zero-order chi connectivity index (χ0) is 14.8. The molecule has 2 aromatic heterocycles. The van der Waals surface area contributed by atoms with Gasteiger partial charge in [0.2, 0.25) is 0 Å². The second-order valence-electron chi connectivity index (χ2n) is 5.57. The van der Waals surface area contributed by atoms with Gasteiger partial charge in [-0.1, -0.05) is 5.21 Å². The van der Waals surface area contributed by atoms with Gasteiger partial charge >= 0.3 is 0 Å². The van der Waals surface area contributed by atoms with Crippen molar-refractivity contribution in [1.29, 1.82) is 0 Å². The Morgan fingerprint density at radius 2 is 2.29 bits per heavy atom. The average Bonchev–Trinajstić information content (AvgIpc) is 3.05. The van der Waals surface area contributed by atoms with Crippen LogP contribution in [0.15, 0.2) is 12.1 Å². The topological polar surface area (TPSA) is 43.2 Å². The molecule has 3 heterocycles. The van der Waals surface area contributed by atoms with Crippen molar-refractivity contribution in [2.75, 3.05) is 20.3 Å². The third-order valence-corrected chi connectivity index (χ3v) is 4.91. The van der Waals surface area contributed by atoms with Crippen molar-refractivity contribution in [3.63, 3.8) is 0 Å². The summed E-state index contributed by atoms with van der Waals surface area (Å²) in [6, 6.07) is 4.42. The Hall–Kier alpha value is -1.24. The quantitative estimate of drug-likeness (QED) is 0.851. The zero-order valence-electron chi connectivity index (χ0n) is 12.9. The fraction of sp³-hybridized carbons (Fsp3) is 0.600. The highest BCUT2D eigenvalue weighted by molar-refractivity contribution is 7.11. The molecule has 114 valence electrons. The zero-order valence-corrected chi connectivity index (χ0v) is 13.7. The average molecular weight is 306 g/mol. The Bertz CT molecular complexity index is 607. The number of ether oxygens (including phenoxy) is 1. The lowest BCUT2D eigenvalue weighted by atomic mass is 9.99. The van der Waals surface area contributed by atoms with Crippen LogP contribution >= 0.6 is 11.3 Å². The molecule has 0 radical (unpaired) electrons. The van der Waals surface area contributed by atoms with Crippen LogP contribution in [0.2, 0.25) is 0 Å². The SMILES string of the molecule is CCn1nnc2c1[C@@H](COC)CN(Cc1ccc(C)s1)C2. The van der Waals surface area contributed by atoms with E-state index < -0.39 is 0 Å². The van der Waals surface area contributed by atoms with E-state index in [9.17, 15) is 0 Å². The first-order valence-corrected chi connectivity index (χ1v) is 8.21. The first-order valence-electron chi connectivity index (χ1n) is 7.40. The van der Waals surface area contributed by atoms with Gasteiger partial charge in [-0.25, -0.2) is 4.68 Å². The fourth-order valence-electron chi connectivity index (χ4n) is 3.07. The lowest BCUT2D eigenvalue weighted by molar-refractivity contribution is 0.132. The summed E-state index contributed by atoms with van der Waals surface area (Å²) in [6.07, 6.45) is 0. The summed E-state index contributed by atoms with van der Waals surface area (Å²) in [5.41, 5.74) is 2.37. The molecule has 0 spiro atoms. The Balaban J connectivity index is 1.80. The molecule has 3 rings (SSSR count). The van der Waals surface area contributed by atoms with Crippen molar-refractivity contribution in [3.8, 4) is 0 Å². The van der Waals surface area contributed by atoms with Gasteiger partial charge < -0.3 is 4.74 Å². The fourth-order valence-corrected chi connectivity index (χ4v) is 4.00. The van der Waals surface area contributed by atoms with Crippen molar-refractivity contribution >= 4 is 11.3 Å². The highest BCUT2D eigenvalue weighted by Gasteiger charge is 2.30. The highest BCUT2D eigenvalue weighted by Crippen LogP contribution is 2.29. The summed E-state index contributed by atoms with van der Waals surface area (Å²) in [4.78, 5) is 5.23. The molecule has 21 heavy (non-hydrogen) atoms. The molecule has 2 aromatic rings. The number of aryl methyl sites for hydroxylation is 2. The smallest absolute Gasteiger partial charge is 0.100 e. The monoisotopic (exact) mass is 306 g/mol. The van der Waals surface area contributed by atoms with E-state index in [0.29, 0.717) is 5.92 Å². The Morgan fingerprint density at radius 1 is 1.43 bits per heavy atom. The van der Waals surface area contributed by atoms with Crippen LogP contribution in [-0.4, -0.2) is 40.2 Å². The summed E-state index contributed by atoms with van der Waals surface area (Å²) >= 11 is 1.87. The highest BCUT2D eigenvalue weighted by atomic mass is 32.1. The van der Waals surface area contributed by atoms with Crippen molar-refractivity contribution in [3.05, 3.63) is 33.3 Å². The van der Waals surface area contributed by atoms with Gasteiger partial charge in [0, 0.05) is 49.0 Å². The first-order chi connectivity index (χ1) is 10.2. The van der Waals surface area contributed by atoms with Crippen LogP contribution in [0.4, 0.5) is 0 Å². The van der Waals surface area contributed by atoms with Crippen LogP contribution in [0, 0.1) is 6.92 Å². The number of fused-ring (bicyclic) bond motifs is 1. The number of methoxy groups -OCH3 is 1. The van der Waals surface area contributed by atoms with Crippen molar-refractivity contribution < 1.29 is 4.74 Å². The molecule has 1 aliphatic heterocycles. The van der Waals surface area contributed by atoms with E-state index in [1.165, 1.54) is 15.4 Å². The van der Waals surface area contributed by atoms with E-state index in [2.05, 4.69) is 41.2 Å². The van der Waals surface area contributed by atoms with Crippen LogP contribution in [0.1, 0.15) is 34.0 Å². The van der Waals surface area contributed by atoms with E-state index in [-0.39, 0.29) is 0 Å². The van der Waals surface area contributed by atoms with Gasteiger partial charge in [-0.05, 0) is 26.0 Å². The second kappa shape index (κ2) is 6.25. The maximum absolute atomic E-state index is 5.42. The maximum atomic E-state index is 5.42. The van der Waals surface area contributed by atoms with E-state index in [1.807, 2.05) is 16.0 Å². The summed E-state index contributed by atoms with van der Waals surface area (Å²) in [5.74, 6) is 0.356. The number of nitrogens with zero attached hydrogens (tertiary/aromatic N) is 4. The molecule has 0 unspecified atom stereocenters. The number of hydrogen-bond acceptors (Lipinski definition) is 5. The van der Waals surface area contributed by atoms with E-state index in [0.717, 1.165) is 38.5 Å². The molecule has 0 aromatic carbocycles. The molecule has 0 saturated heterocycles. The van der Waals surface area contributed by atoms with Crippen LogP contribution in [0.25, 0.3) is 0 Å². The van der Waals surface area contributed by atoms with Gasteiger partial charge in [0.1, 0.15) is 5.69 Å². The molecule has 6 heteroatoms. The Morgan fingerprint density at radius 3 is 2.95 bits per heavy atom. The van der Waals surface area contributed by atoms with Gasteiger partial charge in [0.25, 0.3) is 0 Å². The Labute approximate surface area is 129 Å². The van der Waals surface area contributed by atoms with Gasteiger partial charge in [-0.2, -0.15) is 0 Å². The predicted molar refractivity (Wildman–Crippen MR) is 83.5 cm³/mol. The number of hydrogen-bond donors (Lipinski definition) is 0. The van der Waals surface area contributed by atoms with Crippen molar-refractivity contribution in [1.82, 2.24) is 19.9 Å². The largest absolute Gasteiger partial charge is 0.384 e. The van der Waals surface area contributed by atoms with Gasteiger partial charge in [0.05, 0.1) is 12.3 Å². The summed E-state index contributed by atoms with van der Waals surface area (Å²) < 4.78 is 7.44. The van der Waals surface area contributed by atoms with E-state index in [1.54, 1.807) is 7.11 Å². The molecule has 0 aliphatic carbocycles. The molecule has 5 nitrogen and oxygen atoms in total. The molecule has 0 saturated carbocycles. The van der Waals surface area contributed by atoms with Crippen LogP contribution in [0.5, 0.6) is 0 Å². The molecule has 1 atom stereocenters. The van der Waals surface area contributed by atoms with Gasteiger partial charge in [-0.3, -0.25) is 4.90 Å². The van der Waals surface area contributed by atoms with Crippen LogP contribution in [-0.2, 0) is 24.4 Å². The Kier molecular flexibility index (Phi) is 4.37. The minimum absolute atomic E-state index is 0.356. The molecule has 1 aliphatic rings. The summed E-state index contributed by atoms with van der Waals surface area (Å²) in [7, 11) is 1.77. The van der Waals surface area contributed by atoms with E-state index in [4.69, 9.17) is 4.74 Å². The van der Waals surface area contributed by atoms with Gasteiger partial charge in [-0.15, -0.1) is 16.4 Å². The van der Waals surface area contributed by atoms with Gasteiger partial charge in [0.15, 0.2) is 0 Å². The van der Waals surface area contributed by atoms with Crippen LogP contribution < -0.4 is 0 Å². The van der Waals surface area contributed by atoms with Crippen molar-refractivity contribution in [2.45, 2.75) is 39.4 Å². The third-order valence-electron chi connectivity index (χ3n) is 3.93. The normalized spacial score (nSPS) is 18.9. The molecular weight excluding hydrogens is 284 g/mol. The van der Waals surface area contributed by atoms with Crippen molar-refractivity contribution in [2.24, 2.45) is 0 Å². The van der Waals surface area contributed by atoms with Crippen LogP contribution in [0.3, 0.4) is 0 Å². The molecular formula is C15H22N4OS. The predicted octanol–water partition coefficient (Wildman–Crippen LogP) is 2.41. The first kappa shape index (κ1) is 14.7. The molecule has 0 N–H and O–H groups in total. The second-order valence-corrected chi connectivity index (χ2v) is 6.94. The third kappa shape index (κ3) is 3.02. The molecule has 0 bridgehead atoms.